The van der Waals surface area contributed by atoms with Crippen molar-refractivity contribution in [3.8, 4) is 0 Å². The van der Waals surface area contributed by atoms with Crippen molar-refractivity contribution in [3.05, 3.63) is 22.3 Å². The highest BCUT2D eigenvalue weighted by atomic mass is 79.9. The van der Waals surface area contributed by atoms with E-state index in [2.05, 4.69) is 26.2 Å². The van der Waals surface area contributed by atoms with Gasteiger partial charge >= 0.3 is 0 Å². The summed E-state index contributed by atoms with van der Waals surface area (Å²) in [6, 6.07) is 3.86. The van der Waals surface area contributed by atoms with Crippen LogP contribution >= 0.6 is 15.9 Å². The SMILES string of the molecule is CCN(CC)C(=O)CCNc1ccc(Br)c(C)n1. The minimum absolute atomic E-state index is 0.182. The van der Waals surface area contributed by atoms with Gasteiger partial charge in [0.15, 0.2) is 0 Å². The van der Waals surface area contributed by atoms with E-state index in [0.717, 1.165) is 29.1 Å². The molecule has 0 fully saturated rings. The summed E-state index contributed by atoms with van der Waals surface area (Å²) in [6.07, 6.45) is 0.498. The number of nitrogens with zero attached hydrogens (tertiary/aromatic N) is 2. The molecule has 1 aromatic rings. The second kappa shape index (κ2) is 7.36. The number of hydrogen-bond acceptors (Lipinski definition) is 3. The first-order valence-electron chi connectivity index (χ1n) is 6.23. The lowest BCUT2D eigenvalue weighted by Gasteiger charge is -2.18. The summed E-state index contributed by atoms with van der Waals surface area (Å²) in [5.74, 6) is 0.990. The Labute approximate surface area is 117 Å². The number of carbonyl (C=O) groups is 1. The molecular formula is C13H20BrN3O. The van der Waals surface area contributed by atoms with Gasteiger partial charge in [-0.15, -0.1) is 0 Å². The van der Waals surface area contributed by atoms with Crippen molar-refractivity contribution in [3.63, 3.8) is 0 Å². The molecule has 0 aromatic carbocycles. The number of halogens is 1. The molecule has 0 aliphatic heterocycles. The summed E-state index contributed by atoms with van der Waals surface area (Å²) in [6.45, 7) is 8.08. The Morgan fingerprint density at radius 2 is 2.06 bits per heavy atom. The quantitative estimate of drug-likeness (QED) is 0.878. The lowest BCUT2D eigenvalue weighted by Crippen LogP contribution is -2.31. The fourth-order valence-corrected chi connectivity index (χ4v) is 1.90. The van der Waals surface area contributed by atoms with Gasteiger partial charge < -0.3 is 10.2 Å². The van der Waals surface area contributed by atoms with Crippen molar-refractivity contribution in [2.24, 2.45) is 0 Å². The molecule has 0 saturated heterocycles. The van der Waals surface area contributed by atoms with Gasteiger partial charge in [-0.3, -0.25) is 4.79 Å². The molecule has 0 unspecified atom stereocenters. The van der Waals surface area contributed by atoms with Crippen LogP contribution in [0, 0.1) is 6.92 Å². The molecule has 1 amide bonds. The van der Waals surface area contributed by atoms with Gasteiger partial charge in [-0.2, -0.15) is 0 Å². The van der Waals surface area contributed by atoms with E-state index in [-0.39, 0.29) is 5.91 Å². The highest BCUT2D eigenvalue weighted by Gasteiger charge is 2.08. The molecule has 0 saturated carbocycles. The van der Waals surface area contributed by atoms with Gasteiger partial charge in [0.05, 0.1) is 5.69 Å². The van der Waals surface area contributed by atoms with Crippen LogP contribution in [0.2, 0.25) is 0 Å². The van der Waals surface area contributed by atoms with E-state index < -0.39 is 0 Å². The summed E-state index contributed by atoms with van der Waals surface area (Å²) in [5.41, 5.74) is 0.940. The first kappa shape index (κ1) is 15.0. The van der Waals surface area contributed by atoms with Gasteiger partial charge in [0, 0.05) is 30.5 Å². The molecular weight excluding hydrogens is 294 g/mol. The topological polar surface area (TPSA) is 45.2 Å². The number of amides is 1. The standard InChI is InChI=1S/C13H20BrN3O/c1-4-17(5-2)13(18)8-9-15-12-7-6-11(14)10(3)16-12/h6-7H,4-5,8-9H2,1-3H3,(H,15,16). The Hall–Kier alpha value is -1.10. The third kappa shape index (κ3) is 4.29. The monoisotopic (exact) mass is 313 g/mol. The summed E-state index contributed by atoms with van der Waals surface area (Å²) in [5, 5.41) is 3.17. The zero-order valence-corrected chi connectivity index (χ0v) is 12.7. The van der Waals surface area contributed by atoms with Crippen LogP contribution in [0.1, 0.15) is 26.0 Å². The average Bonchev–Trinajstić information content (AvgIpc) is 2.35. The van der Waals surface area contributed by atoms with Crippen molar-refractivity contribution in [2.45, 2.75) is 27.2 Å². The van der Waals surface area contributed by atoms with Crippen molar-refractivity contribution in [1.29, 1.82) is 0 Å². The molecule has 1 rings (SSSR count). The maximum absolute atomic E-state index is 11.8. The molecule has 1 aromatic heterocycles. The first-order chi connectivity index (χ1) is 8.58. The van der Waals surface area contributed by atoms with Gasteiger partial charge in [-0.05, 0) is 48.8 Å². The van der Waals surface area contributed by atoms with Crippen LogP contribution in [-0.4, -0.2) is 35.4 Å². The number of rotatable bonds is 6. The number of aryl methyl sites for hydroxylation is 1. The predicted octanol–water partition coefficient (Wildman–Crippen LogP) is 2.82. The largest absolute Gasteiger partial charge is 0.370 e. The molecule has 0 radical (unpaired) electrons. The molecule has 4 nitrogen and oxygen atoms in total. The minimum atomic E-state index is 0.182. The highest BCUT2D eigenvalue weighted by Crippen LogP contribution is 2.16. The summed E-state index contributed by atoms with van der Waals surface area (Å²) >= 11 is 3.41. The van der Waals surface area contributed by atoms with Crippen LogP contribution in [0.15, 0.2) is 16.6 Å². The number of pyridine rings is 1. The van der Waals surface area contributed by atoms with Crippen LogP contribution in [0.5, 0.6) is 0 Å². The van der Waals surface area contributed by atoms with Gasteiger partial charge in [-0.1, -0.05) is 0 Å². The van der Waals surface area contributed by atoms with E-state index in [0.29, 0.717) is 13.0 Å². The smallest absolute Gasteiger partial charge is 0.224 e. The highest BCUT2D eigenvalue weighted by molar-refractivity contribution is 9.10. The lowest BCUT2D eigenvalue weighted by atomic mass is 10.3. The van der Waals surface area contributed by atoms with Crippen LogP contribution in [0.25, 0.3) is 0 Å². The lowest BCUT2D eigenvalue weighted by molar-refractivity contribution is -0.130. The fourth-order valence-electron chi connectivity index (χ4n) is 1.67. The Morgan fingerprint density at radius 1 is 1.39 bits per heavy atom. The number of hydrogen-bond donors (Lipinski definition) is 1. The summed E-state index contributed by atoms with van der Waals surface area (Å²) < 4.78 is 0.993. The van der Waals surface area contributed by atoms with Crippen molar-refractivity contribution in [2.75, 3.05) is 25.0 Å². The van der Waals surface area contributed by atoms with Gasteiger partial charge in [0.25, 0.3) is 0 Å². The Morgan fingerprint density at radius 3 is 2.61 bits per heavy atom. The third-order valence-corrected chi connectivity index (χ3v) is 3.62. The normalized spacial score (nSPS) is 10.2. The molecule has 0 bridgehead atoms. The molecule has 0 atom stereocenters. The number of aromatic nitrogens is 1. The van der Waals surface area contributed by atoms with E-state index in [1.807, 2.05) is 37.8 Å². The van der Waals surface area contributed by atoms with Gasteiger partial charge in [0.1, 0.15) is 5.82 Å². The maximum atomic E-state index is 11.8. The molecule has 1 N–H and O–H groups in total. The van der Waals surface area contributed by atoms with E-state index in [1.165, 1.54) is 0 Å². The molecule has 0 aliphatic carbocycles. The van der Waals surface area contributed by atoms with Crippen LogP contribution in [0.4, 0.5) is 5.82 Å². The molecule has 18 heavy (non-hydrogen) atoms. The predicted molar refractivity (Wildman–Crippen MR) is 77.7 cm³/mol. The van der Waals surface area contributed by atoms with Crippen LogP contribution in [-0.2, 0) is 4.79 Å². The van der Waals surface area contributed by atoms with Gasteiger partial charge in [0.2, 0.25) is 5.91 Å². The second-order valence-corrected chi connectivity index (χ2v) is 4.86. The number of nitrogens with one attached hydrogen (secondary N) is 1. The summed E-state index contributed by atoms with van der Waals surface area (Å²) in [4.78, 5) is 18.0. The van der Waals surface area contributed by atoms with Crippen LogP contribution < -0.4 is 5.32 Å². The summed E-state index contributed by atoms with van der Waals surface area (Å²) in [7, 11) is 0. The first-order valence-corrected chi connectivity index (χ1v) is 7.02. The minimum Gasteiger partial charge on any atom is -0.370 e. The molecule has 0 spiro atoms. The van der Waals surface area contributed by atoms with E-state index in [4.69, 9.17) is 0 Å². The zero-order chi connectivity index (χ0) is 13.5. The number of anilines is 1. The van der Waals surface area contributed by atoms with Crippen molar-refractivity contribution in [1.82, 2.24) is 9.88 Å². The van der Waals surface area contributed by atoms with Crippen molar-refractivity contribution >= 4 is 27.7 Å². The molecule has 5 heteroatoms. The average molecular weight is 314 g/mol. The Kier molecular flexibility index (Phi) is 6.12. The maximum Gasteiger partial charge on any atom is 0.224 e. The van der Waals surface area contributed by atoms with E-state index >= 15 is 0 Å². The second-order valence-electron chi connectivity index (χ2n) is 4.01. The van der Waals surface area contributed by atoms with E-state index in [1.54, 1.807) is 0 Å². The Bertz CT molecular complexity index is 405. The number of carbonyl (C=O) groups excluding carboxylic acids is 1. The Balaban J connectivity index is 2.41. The molecule has 0 aliphatic rings. The third-order valence-electron chi connectivity index (χ3n) is 2.78. The zero-order valence-electron chi connectivity index (χ0n) is 11.2. The van der Waals surface area contributed by atoms with Crippen LogP contribution in [0.3, 0.4) is 0 Å². The van der Waals surface area contributed by atoms with Crippen molar-refractivity contribution < 1.29 is 4.79 Å². The van der Waals surface area contributed by atoms with E-state index in [9.17, 15) is 4.79 Å². The molecule has 1 heterocycles. The van der Waals surface area contributed by atoms with Gasteiger partial charge in [-0.25, -0.2) is 4.98 Å². The molecule has 100 valence electrons. The fraction of sp³-hybridized carbons (Fsp3) is 0.538.